The van der Waals surface area contributed by atoms with Gasteiger partial charge in [-0.1, -0.05) is 0 Å². The maximum atomic E-state index is 5.68. The summed E-state index contributed by atoms with van der Waals surface area (Å²) in [4.78, 5) is 6.68. The largest absolute Gasteiger partial charge is 0.374 e. The number of hydrogen-bond acceptors (Lipinski definition) is 4. The van der Waals surface area contributed by atoms with Gasteiger partial charge in [-0.25, -0.2) is 4.98 Å². The SMILES string of the molecule is Cc1nc(N(C)CC2CNCCO2)ccc1Br. The van der Waals surface area contributed by atoms with Gasteiger partial charge in [0.15, 0.2) is 0 Å². The molecule has 1 aliphatic heterocycles. The van der Waals surface area contributed by atoms with Crippen molar-refractivity contribution in [3.63, 3.8) is 0 Å². The number of ether oxygens (including phenoxy) is 1. The highest BCUT2D eigenvalue weighted by molar-refractivity contribution is 9.10. The van der Waals surface area contributed by atoms with Crippen LogP contribution in [0.5, 0.6) is 0 Å². The Morgan fingerprint density at radius 2 is 2.41 bits per heavy atom. The van der Waals surface area contributed by atoms with Crippen LogP contribution in [0.3, 0.4) is 0 Å². The summed E-state index contributed by atoms with van der Waals surface area (Å²) in [6.45, 7) is 5.53. The molecule has 1 aliphatic rings. The molecule has 1 aromatic heterocycles. The molecule has 5 heteroatoms. The smallest absolute Gasteiger partial charge is 0.128 e. The molecular weight excluding hydrogens is 282 g/mol. The van der Waals surface area contributed by atoms with Crippen LogP contribution in [0, 0.1) is 6.92 Å². The minimum atomic E-state index is 0.250. The minimum absolute atomic E-state index is 0.250. The number of nitrogens with zero attached hydrogens (tertiary/aromatic N) is 2. The molecule has 1 unspecified atom stereocenters. The Bertz CT molecular complexity index is 380. The second kappa shape index (κ2) is 5.80. The first-order valence-corrected chi connectivity index (χ1v) is 6.62. The van der Waals surface area contributed by atoms with E-state index >= 15 is 0 Å². The van der Waals surface area contributed by atoms with E-state index < -0.39 is 0 Å². The summed E-state index contributed by atoms with van der Waals surface area (Å²) < 4.78 is 6.73. The summed E-state index contributed by atoms with van der Waals surface area (Å²) >= 11 is 3.46. The van der Waals surface area contributed by atoms with E-state index in [0.717, 1.165) is 42.2 Å². The number of aromatic nitrogens is 1. The predicted molar refractivity (Wildman–Crippen MR) is 72.6 cm³/mol. The van der Waals surface area contributed by atoms with Crippen LogP contribution in [0.15, 0.2) is 16.6 Å². The number of nitrogens with one attached hydrogen (secondary N) is 1. The van der Waals surface area contributed by atoms with E-state index in [4.69, 9.17) is 4.74 Å². The highest BCUT2D eigenvalue weighted by atomic mass is 79.9. The number of likely N-dealkylation sites (N-methyl/N-ethyl adjacent to an activating group) is 1. The molecule has 1 atom stereocenters. The number of hydrogen-bond donors (Lipinski definition) is 1. The van der Waals surface area contributed by atoms with Gasteiger partial charge in [-0.3, -0.25) is 0 Å². The van der Waals surface area contributed by atoms with Crippen molar-refractivity contribution in [2.75, 3.05) is 38.2 Å². The lowest BCUT2D eigenvalue weighted by Gasteiger charge is -2.28. The van der Waals surface area contributed by atoms with Crippen molar-refractivity contribution in [1.82, 2.24) is 10.3 Å². The molecule has 1 aromatic rings. The second-order valence-electron chi connectivity index (χ2n) is 4.31. The lowest BCUT2D eigenvalue weighted by Crippen LogP contribution is -2.44. The Kier molecular flexibility index (Phi) is 4.36. The molecule has 0 spiro atoms. The van der Waals surface area contributed by atoms with Crippen LogP contribution in [0.1, 0.15) is 5.69 Å². The fraction of sp³-hybridized carbons (Fsp3) is 0.583. The Labute approximate surface area is 110 Å². The van der Waals surface area contributed by atoms with Crippen molar-refractivity contribution >= 4 is 21.7 Å². The van der Waals surface area contributed by atoms with E-state index in [2.05, 4.69) is 31.1 Å². The topological polar surface area (TPSA) is 37.4 Å². The number of pyridine rings is 1. The Hall–Kier alpha value is -0.650. The molecule has 0 bridgehead atoms. The van der Waals surface area contributed by atoms with Crippen LogP contribution < -0.4 is 10.2 Å². The highest BCUT2D eigenvalue weighted by Gasteiger charge is 2.16. The third-order valence-corrected chi connectivity index (χ3v) is 3.72. The van der Waals surface area contributed by atoms with Crippen molar-refractivity contribution < 1.29 is 4.74 Å². The molecule has 0 saturated carbocycles. The van der Waals surface area contributed by atoms with Crippen LogP contribution in [0.4, 0.5) is 5.82 Å². The average molecular weight is 300 g/mol. The minimum Gasteiger partial charge on any atom is -0.374 e. The maximum absolute atomic E-state index is 5.68. The zero-order valence-electron chi connectivity index (χ0n) is 10.2. The standard InChI is InChI=1S/C12H18BrN3O/c1-9-11(13)3-4-12(15-9)16(2)8-10-7-14-5-6-17-10/h3-4,10,14H,5-8H2,1-2H3. The Balaban J connectivity index is 1.98. The van der Waals surface area contributed by atoms with E-state index in [9.17, 15) is 0 Å². The summed E-state index contributed by atoms with van der Waals surface area (Å²) in [6, 6.07) is 4.06. The van der Waals surface area contributed by atoms with Crippen LogP contribution in [0.2, 0.25) is 0 Å². The number of morpholine rings is 1. The third kappa shape index (κ3) is 3.40. The third-order valence-electron chi connectivity index (χ3n) is 2.88. The molecule has 2 heterocycles. The first kappa shape index (κ1) is 12.8. The molecule has 2 rings (SSSR count). The summed E-state index contributed by atoms with van der Waals surface area (Å²) in [5.41, 5.74) is 1.01. The normalized spacial score (nSPS) is 20.3. The molecule has 0 amide bonds. The summed E-state index contributed by atoms with van der Waals surface area (Å²) in [6.07, 6.45) is 0.250. The van der Waals surface area contributed by atoms with Gasteiger partial charge < -0.3 is 15.0 Å². The van der Waals surface area contributed by atoms with Crippen molar-refractivity contribution in [2.24, 2.45) is 0 Å². The lowest BCUT2D eigenvalue weighted by atomic mass is 10.3. The van der Waals surface area contributed by atoms with Crippen LogP contribution in [-0.2, 0) is 4.74 Å². The zero-order chi connectivity index (χ0) is 12.3. The number of anilines is 1. The fourth-order valence-electron chi connectivity index (χ4n) is 1.88. The highest BCUT2D eigenvalue weighted by Crippen LogP contribution is 2.18. The van der Waals surface area contributed by atoms with Gasteiger partial charge in [-0.05, 0) is 35.0 Å². The molecule has 0 aliphatic carbocycles. The van der Waals surface area contributed by atoms with Crippen molar-refractivity contribution in [3.05, 3.63) is 22.3 Å². The van der Waals surface area contributed by atoms with E-state index in [-0.39, 0.29) is 6.10 Å². The molecule has 1 fully saturated rings. The zero-order valence-corrected chi connectivity index (χ0v) is 11.8. The Morgan fingerprint density at radius 3 is 3.06 bits per heavy atom. The van der Waals surface area contributed by atoms with E-state index in [1.165, 1.54) is 0 Å². The molecule has 94 valence electrons. The summed E-state index contributed by atoms with van der Waals surface area (Å²) in [5.74, 6) is 0.986. The fourth-order valence-corrected chi connectivity index (χ4v) is 2.10. The summed E-state index contributed by atoms with van der Waals surface area (Å²) in [7, 11) is 2.05. The molecule has 17 heavy (non-hydrogen) atoms. The Morgan fingerprint density at radius 1 is 1.59 bits per heavy atom. The van der Waals surface area contributed by atoms with Gasteiger partial charge >= 0.3 is 0 Å². The van der Waals surface area contributed by atoms with Crippen molar-refractivity contribution in [3.8, 4) is 0 Å². The molecule has 1 saturated heterocycles. The van der Waals surface area contributed by atoms with E-state index in [0.29, 0.717) is 0 Å². The van der Waals surface area contributed by atoms with E-state index in [1.54, 1.807) is 0 Å². The van der Waals surface area contributed by atoms with Crippen LogP contribution in [-0.4, -0.2) is 44.4 Å². The lowest BCUT2D eigenvalue weighted by molar-refractivity contribution is 0.0339. The van der Waals surface area contributed by atoms with E-state index in [1.807, 2.05) is 26.1 Å². The average Bonchev–Trinajstić information content (AvgIpc) is 2.34. The van der Waals surface area contributed by atoms with Gasteiger partial charge in [-0.2, -0.15) is 0 Å². The number of rotatable bonds is 3. The molecule has 0 aromatic carbocycles. The monoisotopic (exact) mass is 299 g/mol. The quantitative estimate of drug-likeness (QED) is 0.919. The predicted octanol–water partition coefficient (Wildman–Crippen LogP) is 1.58. The van der Waals surface area contributed by atoms with Crippen LogP contribution >= 0.6 is 15.9 Å². The first-order valence-electron chi connectivity index (χ1n) is 5.83. The molecule has 1 N–H and O–H groups in total. The van der Waals surface area contributed by atoms with Gasteiger partial charge in [0.05, 0.1) is 18.4 Å². The first-order chi connectivity index (χ1) is 8.16. The van der Waals surface area contributed by atoms with Gasteiger partial charge in [0.25, 0.3) is 0 Å². The van der Waals surface area contributed by atoms with Gasteiger partial charge in [0.1, 0.15) is 5.82 Å². The second-order valence-corrected chi connectivity index (χ2v) is 5.17. The van der Waals surface area contributed by atoms with Gasteiger partial charge in [0, 0.05) is 31.2 Å². The van der Waals surface area contributed by atoms with Crippen molar-refractivity contribution in [1.29, 1.82) is 0 Å². The van der Waals surface area contributed by atoms with Crippen molar-refractivity contribution in [2.45, 2.75) is 13.0 Å². The number of halogens is 1. The maximum Gasteiger partial charge on any atom is 0.128 e. The van der Waals surface area contributed by atoms with Gasteiger partial charge in [0.2, 0.25) is 0 Å². The molecule has 4 nitrogen and oxygen atoms in total. The molecule has 0 radical (unpaired) electrons. The number of aryl methyl sites for hydroxylation is 1. The summed E-state index contributed by atoms with van der Waals surface area (Å²) in [5, 5.41) is 3.33. The van der Waals surface area contributed by atoms with Crippen LogP contribution in [0.25, 0.3) is 0 Å². The van der Waals surface area contributed by atoms with Gasteiger partial charge in [-0.15, -0.1) is 0 Å². The molecular formula is C12H18BrN3O.